The van der Waals surface area contributed by atoms with Gasteiger partial charge >= 0.3 is 12.1 Å². The molecule has 0 unspecified atom stereocenters. The molecule has 0 spiro atoms. The molecule has 0 amide bonds. The lowest BCUT2D eigenvalue weighted by Crippen LogP contribution is -2.25. The normalized spacial score (nSPS) is 22.4. The average molecular weight is 446 g/mol. The topological polar surface area (TPSA) is 98.5 Å². The van der Waals surface area contributed by atoms with Crippen molar-refractivity contribution in [3.05, 3.63) is 36.2 Å². The average Bonchev–Trinajstić information content (AvgIpc) is 3.28. The monoisotopic (exact) mass is 446 g/mol. The van der Waals surface area contributed by atoms with E-state index in [9.17, 15) is 31.5 Å². The van der Waals surface area contributed by atoms with Crippen molar-refractivity contribution in [2.45, 2.75) is 42.2 Å². The van der Waals surface area contributed by atoms with E-state index < -0.39 is 49.7 Å². The van der Waals surface area contributed by atoms with Gasteiger partial charge in [-0.15, -0.1) is 0 Å². The third-order valence-electron chi connectivity index (χ3n) is 5.23. The summed E-state index contributed by atoms with van der Waals surface area (Å²) in [6, 6.07) is 3.01. The highest BCUT2D eigenvalue weighted by molar-refractivity contribution is 7.92. The van der Waals surface area contributed by atoms with E-state index in [-0.39, 0.29) is 25.0 Å². The number of benzene rings is 1. The van der Waals surface area contributed by atoms with Crippen molar-refractivity contribution in [1.29, 1.82) is 0 Å². The van der Waals surface area contributed by atoms with Gasteiger partial charge in [0, 0.05) is 25.4 Å². The third kappa shape index (κ3) is 4.22. The molecule has 0 bridgehead atoms. The van der Waals surface area contributed by atoms with Gasteiger partial charge in [-0.1, -0.05) is 6.07 Å². The Bertz CT molecular complexity index is 1050. The Morgan fingerprint density at radius 1 is 1.30 bits per heavy atom. The van der Waals surface area contributed by atoms with E-state index in [1.807, 2.05) is 0 Å². The molecule has 7 nitrogen and oxygen atoms in total. The quantitative estimate of drug-likeness (QED) is 0.732. The second-order valence-corrected chi connectivity index (χ2v) is 9.38. The zero-order chi connectivity index (χ0) is 22.3. The number of aliphatic carboxylic acids is 1. The first-order chi connectivity index (χ1) is 13.9. The summed E-state index contributed by atoms with van der Waals surface area (Å²) in [5.74, 6) is -2.32. The Morgan fingerprint density at radius 3 is 2.53 bits per heavy atom. The molecule has 0 saturated heterocycles. The van der Waals surface area contributed by atoms with E-state index >= 15 is 0 Å². The van der Waals surface area contributed by atoms with Crippen LogP contribution in [0.1, 0.15) is 25.3 Å². The standard InChI is InChI=1S/C19H21F3N2O5S/c1-3-29-16-8-13(7-14(16)18(25)26)30(27,28)17-5-4-11(6-15(17)19(20,21)22)12-9-23-24(2)10-12/h4-6,9-10,13-14,16H,3,7-8H2,1-2H3,(H,25,26)/t13-,14-,16-/m1/s1. The number of ether oxygens (including phenoxy) is 1. The number of rotatable bonds is 6. The lowest BCUT2D eigenvalue weighted by atomic mass is 10.1. The number of carbonyl (C=O) groups is 1. The van der Waals surface area contributed by atoms with Crippen molar-refractivity contribution in [3.8, 4) is 11.1 Å². The third-order valence-corrected chi connectivity index (χ3v) is 7.46. The van der Waals surface area contributed by atoms with Crippen LogP contribution in [0, 0.1) is 5.92 Å². The number of nitrogens with zero attached hydrogens (tertiary/aromatic N) is 2. The van der Waals surface area contributed by atoms with Crippen molar-refractivity contribution in [1.82, 2.24) is 9.78 Å². The van der Waals surface area contributed by atoms with Crippen molar-refractivity contribution in [2.24, 2.45) is 13.0 Å². The minimum absolute atomic E-state index is 0.172. The Balaban J connectivity index is 2.04. The van der Waals surface area contributed by atoms with Gasteiger partial charge in [0.25, 0.3) is 0 Å². The zero-order valence-electron chi connectivity index (χ0n) is 16.3. The Labute approximate surface area is 171 Å². The summed E-state index contributed by atoms with van der Waals surface area (Å²) in [6.07, 6.45) is -3.35. The van der Waals surface area contributed by atoms with Gasteiger partial charge in [0.1, 0.15) is 0 Å². The van der Waals surface area contributed by atoms with Crippen molar-refractivity contribution < 1.29 is 36.2 Å². The maximum Gasteiger partial charge on any atom is 0.417 e. The van der Waals surface area contributed by atoms with Gasteiger partial charge in [0.05, 0.1) is 33.9 Å². The van der Waals surface area contributed by atoms with E-state index in [1.165, 1.54) is 23.1 Å². The van der Waals surface area contributed by atoms with Crippen LogP contribution < -0.4 is 0 Å². The van der Waals surface area contributed by atoms with Gasteiger partial charge < -0.3 is 9.84 Å². The molecule has 3 rings (SSSR count). The van der Waals surface area contributed by atoms with Gasteiger partial charge in [-0.05, 0) is 37.5 Å². The van der Waals surface area contributed by atoms with E-state index in [4.69, 9.17) is 4.74 Å². The molecule has 164 valence electrons. The molecule has 1 N–H and O–H groups in total. The predicted molar refractivity (Wildman–Crippen MR) is 100 cm³/mol. The summed E-state index contributed by atoms with van der Waals surface area (Å²) in [5.41, 5.74) is -0.692. The number of alkyl halides is 3. The first-order valence-electron chi connectivity index (χ1n) is 9.23. The highest BCUT2D eigenvalue weighted by Crippen LogP contribution is 2.42. The number of sulfone groups is 1. The molecule has 0 radical (unpaired) electrons. The lowest BCUT2D eigenvalue weighted by molar-refractivity contribution is -0.146. The molecule has 3 atom stereocenters. The summed E-state index contributed by atoms with van der Waals surface area (Å²) in [4.78, 5) is 10.6. The number of hydrogen-bond donors (Lipinski definition) is 1. The van der Waals surface area contributed by atoms with Crippen LogP contribution in [0.15, 0.2) is 35.5 Å². The van der Waals surface area contributed by atoms with Gasteiger partial charge in [0.2, 0.25) is 0 Å². The number of carboxylic acid groups (broad SMARTS) is 1. The fourth-order valence-corrected chi connectivity index (χ4v) is 5.80. The maximum absolute atomic E-state index is 13.8. The maximum atomic E-state index is 13.8. The van der Waals surface area contributed by atoms with E-state index in [2.05, 4.69) is 5.10 Å². The number of aryl methyl sites for hydroxylation is 1. The highest BCUT2D eigenvalue weighted by atomic mass is 32.2. The van der Waals surface area contributed by atoms with Gasteiger partial charge in [-0.2, -0.15) is 18.3 Å². The van der Waals surface area contributed by atoms with Crippen LogP contribution in [-0.4, -0.2) is 47.2 Å². The van der Waals surface area contributed by atoms with Crippen LogP contribution in [0.3, 0.4) is 0 Å². The van der Waals surface area contributed by atoms with Crippen molar-refractivity contribution in [3.63, 3.8) is 0 Å². The second kappa shape index (κ2) is 8.03. The van der Waals surface area contributed by atoms with Crippen LogP contribution in [-0.2, 0) is 32.6 Å². The van der Waals surface area contributed by atoms with E-state index in [0.717, 1.165) is 12.1 Å². The fraction of sp³-hybridized carbons (Fsp3) is 0.474. The van der Waals surface area contributed by atoms with E-state index in [0.29, 0.717) is 5.56 Å². The molecule has 30 heavy (non-hydrogen) atoms. The first-order valence-corrected chi connectivity index (χ1v) is 10.8. The summed E-state index contributed by atoms with van der Waals surface area (Å²) < 4.78 is 74.3. The smallest absolute Gasteiger partial charge is 0.417 e. The Kier molecular flexibility index (Phi) is 5.96. The number of halogens is 3. The van der Waals surface area contributed by atoms with Gasteiger partial charge in [-0.3, -0.25) is 9.48 Å². The van der Waals surface area contributed by atoms with Crippen LogP contribution in [0.25, 0.3) is 11.1 Å². The molecule has 1 fully saturated rings. The molecule has 1 aliphatic carbocycles. The summed E-state index contributed by atoms with van der Waals surface area (Å²) in [5, 5.41) is 12.0. The predicted octanol–water partition coefficient (Wildman–Crippen LogP) is 3.15. The molecular weight excluding hydrogens is 425 g/mol. The molecule has 11 heteroatoms. The van der Waals surface area contributed by atoms with Crippen LogP contribution in [0.2, 0.25) is 0 Å². The summed E-state index contributed by atoms with van der Waals surface area (Å²) in [6.45, 7) is 1.81. The Hall–Kier alpha value is -2.40. The number of hydrogen-bond acceptors (Lipinski definition) is 5. The minimum Gasteiger partial charge on any atom is -0.481 e. The largest absolute Gasteiger partial charge is 0.481 e. The van der Waals surface area contributed by atoms with Crippen LogP contribution >= 0.6 is 0 Å². The number of carboxylic acids is 1. The van der Waals surface area contributed by atoms with Gasteiger partial charge in [-0.25, -0.2) is 8.42 Å². The molecule has 1 heterocycles. The minimum atomic E-state index is -4.91. The van der Waals surface area contributed by atoms with Crippen molar-refractivity contribution in [2.75, 3.05) is 6.61 Å². The van der Waals surface area contributed by atoms with E-state index in [1.54, 1.807) is 14.0 Å². The van der Waals surface area contributed by atoms with Crippen LogP contribution in [0.5, 0.6) is 0 Å². The fourth-order valence-electron chi connectivity index (χ4n) is 3.80. The van der Waals surface area contributed by atoms with Crippen LogP contribution in [0.4, 0.5) is 13.2 Å². The second-order valence-electron chi connectivity index (χ2n) is 7.19. The van der Waals surface area contributed by atoms with Crippen molar-refractivity contribution >= 4 is 15.8 Å². The molecule has 1 saturated carbocycles. The zero-order valence-corrected chi connectivity index (χ0v) is 17.1. The molecule has 2 aromatic rings. The molecule has 1 aliphatic rings. The molecule has 0 aliphatic heterocycles. The molecular formula is C19H21F3N2O5S. The Morgan fingerprint density at radius 2 is 2.00 bits per heavy atom. The highest BCUT2D eigenvalue weighted by Gasteiger charge is 2.47. The molecule has 1 aromatic heterocycles. The summed E-state index contributed by atoms with van der Waals surface area (Å²) in [7, 11) is -2.84. The lowest BCUT2D eigenvalue weighted by Gasteiger charge is -2.18. The summed E-state index contributed by atoms with van der Waals surface area (Å²) >= 11 is 0. The SMILES string of the molecule is CCO[C@@H]1C[C@H](S(=O)(=O)c2ccc(-c3cnn(C)c3)cc2C(F)(F)F)C[C@H]1C(=O)O. The first kappa shape index (κ1) is 22.3. The molecule has 1 aromatic carbocycles. The van der Waals surface area contributed by atoms with Gasteiger partial charge in [0.15, 0.2) is 9.84 Å². The number of aromatic nitrogens is 2.